The number of methoxy groups -OCH3 is 1. The summed E-state index contributed by atoms with van der Waals surface area (Å²) in [7, 11) is 1.64. The number of imidazole rings is 1. The van der Waals surface area contributed by atoms with Crippen molar-refractivity contribution in [3.05, 3.63) is 67.4 Å². The van der Waals surface area contributed by atoms with Gasteiger partial charge < -0.3 is 25.1 Å². The molecular weight excluding hydrogens is 432 g/mol. The summed E-state index contributed by atoms with van der Waals surface area (Å²) in [5.74, 6) is 1.60. The molecule has 0 unspecified atom stereocenters. The van der Waals surface area contributed by atoms with E-state index in [9.17, 15) is 4.79 Å². The molecule has 3 N–H and O–H groups in total. The highest BCUT2D eigenvalue weighted by molar-refractivity contribution is 5.99. The SMILES string of the molecule is C=CC(=O)Nc1ccc(-c2nc3nc(Nc4ccc(OCCOC)cc4)ncc3[nH]2)cc1.CC. The molecule has 9 heteroatoms. The Kier molecular flexibility index (Phi) is 8.70. The smallest absolute Gasteiger partial charge is 0.247 e. The molecule has 0 aliphatic carbocycles. The Labute approximate surface area is 198 Å². The number of aromatic amines is 1. The van der Waals surface area contributed by atoms with Crippen LogP contribution >= 0.6 is 0 Å². The summed E-state index contributed by atoms with van der Waals surface area (Å²) in [5.41, 5.74) is 3.63. The minimum atomic E-state index is -0.259. The van der Waals surface area contributed by atoms with E-state index in [0.29, 0.717) is 36.3 Å². The van der Waals surface area contributed by atoms with Crippen LogP contribution in [0.25, 0.3) is 22.6 Å². The first-order valence-electron chi connectivity index (χ1n) is 10.9. The average molecular weight is 461 g/mol. The van der Waals surface area contributed by atoms with E-state index < -0.39 is 0 Å². The van der Waals surface area contributed by atoms with Gasteiger partial charge in [-0.05, 0) is 54.6 Å². The number of aromatic nitrogens is 4. The first kappa shape index (κ1) is 24.4. The number of H-pyrrole nitrogens is 1. The van der Waals surface area contributed by atoms with Crippen LogP contribution in [0.15, 0.2) is 67.4 Å². The number of nitrogens with zero attached hydrogens (tertiary/aromatic N) is 3. The molecule has 0 saturated carbocycles. The first-order chi connectivity index (χ1) is 16.6. The Hall–Kier alpha value is -4.24. The third-order valence-corrected chi connectivity index (χ3v) is 4.52. The van der Waals surface area contributed by atoms with Gasteiger partial charge in [-0.3, -0.25) is 4.79 Å². The highest BCUT2D eigenvalue weighted by Crippen LogP contribution is 2.23. The third kappa shape index (κ3) is 6.39. The van der Waals surface area contributed by atoms with Gasteiger partial charge in [0.1, 0.15) is 23.7 Å². The zero-order valence-electron chi connectivity index (χ0n) is 19.5. The van der Waals surface area contributed by atoms with Crippen molar-refractivity contribution in [2.45, 2.75) is 13.8 Å². The summed E-state index contributed by atoms with van der Waals surface area (Å²) in [6.07, 6.45) is 2.91. The largest absolute Gasteiger partial charge is 0.491 e. The predicted molar refractivity (Wildman–Crippen MR) is 134 cm³/mol. The van der Waals surface area contributed by atoms with Crippen molar-refractivity contribution in [1.82, 2.24) is 19.9 Å². The van der Waals surface area contributed by atoms with Gasteiger partial charge in [-0.1, -0.05) is 20.4 Å². The molecule has 34 heavy (non-hydrogen) atoms. The minimum absolute atomic E-state index is 0.259. The summed E-state index contributed by atoms with van der Waals surface area (Å²) >= 11 is 0. The molecule has 9 nitrogen and oxygen atoms in total. The molecule has 4 rings (SSSR count). The fourth-order valence-electron chi connectivity index (χ4n) is 2.92. The van der Waals surface area contributed by atoms with Gasteiger partial charge in [-0.25, -0.2) is 9.97 Å². The number of hydrogen-bond donors (Lipinski definition) is 3. The molecule has 2 heterocycles. The highest BCUT2D eigenvalue weighted by Gasteiger charge is 2.09. The number of ether oxygens (including phenoxy) is 2. The summed E-state index contributed by atoms with van der Waals surface area (Å²) in [6.45, 7) is 8.48. The second kappa shape index (κ2) is 12.1. The van der Waals surface area contributed by atoms with Gasteiger partial charge in [0.2, 0.25) is 11.9 Å². The van der Waals surface area contributed by atoms with Crippen LogP contribution in [0.4, 0.5) is 17.3 Å². The standard InChI is InChI=1S/C23H22N6O3.C2H6/c1-3-20(30)25-16-6-4-15(5-7-16)21-27-19-14-24-23(29-22(19)28-21)26-17-8-10-18(11-9-17)32-13-12-31-2;1-2/h3-11,14H,1,12-13H2,2H3,(H,25,30)(H2,24,26,27,28,29);1-2H3. The molecule has 0 radical (unpaired) electrons. The van der Waals surface area contributed by atoms with E-state index in [1.165, 1.54) is 6.08 Å². The number of nitrogens with one attached hydrogen (secondary N) is 3. The van der Waals surface area contributed by atoms with Gasteiger partial charge in [-0.15, -0.1) is 0 Å². The van der Waals surface area contributed by atoms with Crippen molar-refractivity contribution < 1.29 is 14.3 Å². The molecule has 0 aliphatic rings. The van der Waals surface area contributed by atoms with Crippen LogP contribution in [-0.2, 0) is 9.53 Å². The second-order valence-corrected chi connectivity index (χ2v) is 6.78. The van der Waals surface area contributed by atoms with Crippen LogP contribution in [0.1, 0.15) is 13.8 Å². The number of fused-ring (bicyclic) bond motifs is 1. The Morgan fingerprint density at radius 1 is 1.03 bits per heavy atom. The molecule has 0 atom stereocenters. The van der Waals surface area contributed by atoms with Crippen molar-refractivity contribution in [3.8, 4) is 17.1 Å². The molecule has 4 aromatic rings. The average Bonchev–Trinajstić information content (AvgIpc) is 3.30. The number of carbonyl (C=O) groups is 1. The summed E-state index contributed by atoms with van der Waals surface area (Å²) < 4.78 is 10.5. The quantitative estimate of drug-likeness (QED) is 0.239. The van der Waals surface area contributed by atoms with E-state index in [0.717, 1.165) is 22.5 Å². The van der Waals surface area contributed by atoms with Crippen molar-refractivity contribution >= 4 is 34.4 Å². The molecule has 1 amide bonds. The molecule has 0 bridgehead atoms. The number of carbonyl (C=O) groups excluding carboxylic acids is 1. The third-order valence-electron chi connectivity index (χ3n) is 4.52. The van der Waals surface area contributed by atoms with Gasteiger partial charge in [0.15, 0.2) is 5.65 Å². The fraction of sp³-hybridized carbons (Fsp3) is 0.200. The van der Waals surface area contributed by atoms with Gasteiger partial charge in [0, 0.05) is 24.0 Å². The lowest BCUT2D eigenvalue weighted by molar-refractivity contribution is -0.111. The van der Waals surface area contributed by atoms with Gasteiger partial charge >= 0.3 is 0 Å². The van der Waals surface area contributed by atoms with Crippen molar-refractivity contribution in [3.63, 3.8) is 0 Å². The Balaban J connectivity index is 0.00000158. The Morgan fingerprint density at radius 2 is 1.74 bits per heavy atom. The first-order valence-corrected chi connectivity index (χ1v) is 10.9. The van der Waals surface area contributed by atoms with Gasteiger partial charge in [0.25, 0.3) is 0 Å². The molecule has 0 fully saturated rings. The van der Waals surface area contributed by atoms with E-state index in [1.54, 1.807) is 25.4 Å². The van der Waals surface area contributed by atoms with Gasteiger partial charge in [0.05, 0.1) is 12.8 Å². The van der Waals surface area contributed by atoms with Crippen LogP contribution in [0.5, 0.6) is 5.75 Å². The lowest BCUT2D eigenvalue weighted by Crippen LogP contribution is -2.06. The number of rotatable bonds is 9. The highest BCUT2D eigenvalue weighted by atomic mass is 16.5. The van der Waals surface area contributed by atoms with Crippen LogP contribution < -0.4 is 15.4 Å². The summed E-state index contributed by atoms with van der Waals surface area (Å²) in [6, 6.07) is 14.8. The zero-order chi connectivity index (χ0) is 24.3. The second-order valence-electron chi connectivity index (χ2n) is 6.78. The van der Waals surface area contributed by atoms with Crippen LogP contribution in [0, 0.1) is 0 Å². The van der Waals surface area contributed by atoms with Gasteiger partial charge in [-0.2, -0.15) is 4.98 Å². The molecule has 2 aromatic heterocycles. The monoisotopic (exact) mass is 460 g/mol. The van der Waals surface area contributed by atoms with E-state index >= 15 is 0 Å². The number of benzene rings is 2. The maximum atomic E-state index is 11.4. The summed E-state index contributed by atoms with van der Waals surface area (Å²) in [5, 5.41) is 5.88. The molecule has 0 spiro atoms. The number of amides is 1. The van der Waals surface area contributed by atoms with Crippen LogP contribution in [0.3, 0.4) is 0 Å². The molecule has 2 aromatic carbocycles. The maximum Gasteiger partial charge on any atom is 0.247 e. The van der Waals surface area contributed by atoms with Crippen molar-refractivity contribution in [1.29, 1.82) is 0 Å². The Bertz CT molecular complexity index is 1220. The molecule has 0 saturated heterocycles. The lowest BCUT2D eigenvalue weighted by atomic mass is 10.2. The maximum absolute atomic E-state index is 11.4. The lowest BCUT2D eigenvalue weighted by Gasteiger charge is -2.07. The minimum Gasteiger partial charge on any atom is -0.491 e. The van der Waals surface area contributed by atoms with E-state index in [-0.39, 0.29) is 5.91 Å². The van der Waals surface area contributed by atoms with E-state index in [2.05, 4.69) is 37.1 Å². The molecule has 176 valence electrons. The van der Waals surface area contributed by atoms with Crippen molar-refractivity contribution in [2.24, 2.45) is 0 Å². The van der Waals surface area contributed by atoms with E-state index in [4.69, 9.17) is 9.47 Å². The van der Waals surface area contributed by atoms with Crippen molar-refractivity contribution in [2.75, 3.05) is 31.0 Å². The zero-order valence-corrected chi connectivity index (χ0v) is 19.5. The number of anilines is 3. The fourth-order valence-corrected chi connectivity index (χ4v) is 2.92. The topological polar surface area (TPSA) is 114 Å². The van der Waals surface area contributed by atoms with Crippen LogP contribution in [0.2, 0.25) is 0 Å². The Morgan fingerprint density at radius 3 is 2.41 bits per heavy atom. The summed E-state index contributed by atoms with van der Waals surface area (Å²) in [4.78, 5) is 28.0. The number of hydrogen-bond acceptors (Lipinski definition) is 7. The van der Waals surface area contributed by atoms with E-state index in [1.807, 2.05) is 50.2 Å². The normalized spacial score (nSPS) is 10.2. The molecular formula is C25H28N6O3. The predicted octanol–water partition coefficient (Wildman–Crippen LogP) is 4.94. The van der Waals surface area contributed by atoms with Crippen LogP contribution in [-0.4, -0.2) is 46.2 Å². The molecule has 0 aliphatic heterocycles.